The molecular weight excluding hydrogens is 326 g/mol. The Labute approximate surface area is 153 Å². The van der Waals surface area contributed by atoms with Gasteiger partial charge in [-0.2, -0.15) is 0 Å². The van der Waals surface area contributed by atoms with Gasteiger partial charge in [-0.3, -0.25) is 9.69 Å². The summed E-state index contributed by atoms with van der Waals surface area (Å²) in [5, 5.41) is 8.24. The fourth-order valence-corrected chi connectivity index (χ4v) is 3.45. The predicted octanol–water partition coefficient (Wildman–Crippen LogP) is 2.08. The van der Waals surface area contributed by atoms with Crippen LogP contribution in [-0.2, 0) is 17.9 Å². The fraction of sp³-hybridized carbons (Fsp3) is 0.350. The second kappa shape index (κ2) is 7.25. The number of hydrogen-bond acceptors (Lipinski definition) is 4. The minimum atomic E-state index is 0.108. The van der Waals surface area contributed by atoms with Crippen LogP contribution in [0.2, 0.25) is 0 Å². The summed E-state index contributed by atoms with van der Waals surface area (Å²) in [4.78, 5) is 17.0. The minimum absolute atomic E-state index is 0.108. The maximum atomic E-state index is 12.6. The van der Waals surface area contributed by atoms with Crippen LogP contribution >= 0.6 is 0 Å². The van der Waals surface area contributed by atoms with Crippen LogP contribution in [0.15, 0.2) is 48.5 Å². The summed E-state index contributed by atoms with van der Waals surface area (Å²) >= 11 is 0. The third-order valence-corrected chi connectivity index (χ3v) is 5.09. The van der Waals surface area contributed by atoms with Crippen molar-refractivity contribution in [2.24, 2.45) is 0 Å². The number of hydrogen-bond donors (Lipinski definition) is 0. The summed E-state index contributed by atoms with van der Waals surface area (Å²) < 4.78 is 1.69. The molecule has 1 aromatic heterocycles. The normalized spacial score (nSPS) is 15.5. The highest BCUT2D eigenvalue weighted by atomic mass is 16.2. The Morgan fingerprint density at radius 1 is 1.00 bits per heavy atom. The number of carbonyl (C=O) groups excluding carboxylic acids is 1. The summed E-state index contributed by atoms with van der Waals surface area (Å²) in [6.45, 7) is 6.67. The zero-order valence-electron chi connectivity index (χ0n) is 15.0. The van der Waals surface area contributed by atoms with E-state index in [4.69, 9.17) is 0 Å². The molecule has 134 valence electrons. The van der Waals surface area contributed by atoms with Crippen molar-refractivity contribution in [2.75, 3.05) is 26.2 Å². The van der Waals surface area contributed by atoms with Crippen LogP contribution in [0.3, 0.4) is 0 Å². The van der Waals surface area contributed by atoms with Gasteiger partial charge >= 0.3 is 0 Å². The standard InChI is InChI=1S/C20H23N5O/c1-16-6-2-3-7-17(16)14-23-10-12-24(13-11-23)20(26)15-25-19-9-5-4-8-18(19)21-22-25/h2-9H,10-15H2,1H3. The fourth-order valence-electron chi connectivity index (χ4n) is 3.45. The third kappa shape index (κ3) is 3.46. The smallest absolute Gasteiger partial charge is 0.244 e. The van der Waals surface area contributed by atoms with Crippen molar-refractivity contribution >= 4 is 16.9 Å². The van der Waals surface area contributed by atoms with Crippen LogP contribution in [0.25, 0.3) is 11.0 Å². The molecule has 0 unspecified atom stereocenters. The summed E-state index contributed by atoms with van der Waals surface area (Å²) in [6, 6.07) is 16.2. The number of rotatable bonds is 4. The summed E-state index contributed by atoms with van der Waals surface area (Å²) in [5.41, 5.74) is 4.41. The van der Waals surface area contributed by atoms with E-state index < -0.39 is 0 Å². The van der Waals surface area contributed by atoms with Crippen molar-refractivity contribution in [1.29, 1.82) is 0 Å². The van der Waals surface area contributed by atoms with Gasteiger partial charge in [-0.15, -0.1) is 5.10 Å². The van der Waals surface area contributed by atoms with Gasteiger partial charge in [0.2, 0.25) is 5.91 Å². The molecule has 2 heterocycles. The maximum absolute atomic E-state index is 12.6. The van der Waals surface area contributed by atoms with E-state index in [0.29, 0.717) is 0 Å². The van der Waals surface area contributed by atoms with Crippen LogP contribution in [0.1, 0.15) is 11.1 Å². The number of aryl methyl sites for hydroxylation is 1. The average Bonchev–Trinajstić information content (AvgIpc) is 3.07. The Morgan fingerprint density at radius 3 is 2.54 bits per heavy atom. The largest absolute Gasteiger partial charge is 0.339 e. The molecule has 4 rings (SSSR count). The second-order valence-electron chi connectivity index (χ2n) is 6.82. The Hall–Kier alpha value is -2.73. The lowest BCUT2D eigenvalue weighted by Gasteiger charge is -2.35. The number of fused-ring (bicyclic) bond motifs is 1. The van der Waals surface area contributed by atoms with Crippen LogP contribution in [0, 0.1) is 6.92 Å². The van der Waals surface area contributed by atoms with Crippen LogP contribution < -0.4 is 0 Å². The molecule has 1 aliphatic rings. The van der Waals surface area contributed by atoms with E-state index in [1.807, 2.05) is 29.2 Å². The molecule has 6 nitrogen and oxygen atoms in total. The third-order valence-electron chi connectivity index (χ3n) is 5.09. The second-order valence-corrected chi connectivity index (χ2v) is 6.82. The quantitative estimate of drug-likeness (QED) is 0.724. The van der Waals surface area contributed by atoms with Crippen molar-refractivity contribution in [3.8, 4) is 0 Å². The van der Waals surface area contributed by atoms with Crippen molar-refractivity contribution in [3.63, 3.8) is 0 Å². The van der Waals surface area contributed by atoms with Gasteiger partial charge in [0.15, 0.2) is 0 Å². The van der Waals surface area contributed by atoms with Gasteiger partial charge in [-0.1, -0.05) is 41.6 Å². The number of amides is 1. The maximum Gasteiger partial charge on any atom is 0.244 e. The summed E-state index contributed by atoms with van der Waals surface area (Å²) in [6.07, 6.45) is 0. The molecule has 0 aliphatic carbocycles. The molecule has 0 radical (unpaired) electrons. The van der Waals surface area contributed by atoms with E-state index in [1.165, 1.54) is 11.1 Å². The lowest BCUT2D eigenvalue weighted by Crippen LogP contribution is -2.49. The van der Waals surface area contributed by atoms with Gasteiger partial charge in [0.25, 0.3) is 0 Å². The molecule has 2 aromatic carbocycles. The highest BCUT2D eigenvalue weighted by molar-refractivity contribution is 5.79. The van der Waals surface area contributed by atoms with Crippen LogP contribution in [-0.4, -0.2) is 56.9 Å². The first-order chi connectivity index (χ1) is 12.7. The van der Waals surface area contributed by atoms with Crippen molar-refractivity contribution in [1.82, 2.24) is 24.8 Å². The number of carbonyl (C=O) groups is 1. The first-order valence-electron chi connectivity index (χ1n) is 9.03. The molecule has 3 aromatic rings. The van der Waals surface area contributed by atoms with E-state index in [9.17, 15) is 4.79 Å². The highest BCUT2D eigenvalue weighted by Gasteiger charge is 2.22. The van der Waals surface area contributed by atoms with E-state index in [1.54, 1.807) is 4.68 Å². The Kier molecular flexibility index (Phi) is 4.67. The zero-order chi connectivity index (χ0) is 17.9. The number of para-hydroxylation sites is 1. The van der Waals surface area contributed by atoms with Gasteiger partial charge in [0.05, 0.1) is 5.52 Å². The Balaban J connectivity index is 1.34. The van der Waals surface area contributed by atoms with Crippen molar-refractivity contribution in [2.45, 2.75) is 20.0 Å². The molecule has 0 saturated carbocycles. The molecule has 26 heavy (non-hydrogen) atoms. The molecule has 0 atom stereocenters. The molecular formula is C20H23N5O. The number of piperazine rings is 1. The topological polar surface area (TPSA) is 54.3 Å². The molecule has 0 N–H and O–H groups in total. The van der Waals surface area contributed by atoms with E-state index >= 15 is 0 Å². The lowest BCUT2D eigenvalue weighted by atomic mass is 10.1. The zero-order valence-corrected chi connectivity index (χ0v) is 15.0. The summed E-state index contributed by atoms with van der Waals surface area (Å²) in [7, 11) is 0. The van der Waals surface area contributed by atoms with Gasteiger partial charge in [0, 0.05) is 32.7 Å². The minimum Gasteiger partial charge on any atom is -0.339 e. The lowest BCUT2D eigenvalue weighted by molar-refractivity contribution is -0.133. The predicted molar refractivity (Wildman–Crippen MR) is 101 cm³/mol. The Bertz CT molecular complexity index is 911. The molecule has 6 heteroatoms. The van der Waals surface area contributed by atoms with Crippen molar-refractivity contribution in [3.05, 3.63) is 59.7 Å². The Morgan fingerprint density at radius 2 is 1.73 bits per heavy atom. The van der Waals surface area contributed by atoms with Crippen LogP contribution in [0.5, 0.6) is 0 Å². The molecule has 1 saturated heterocycles. The summed E-state index contributed by atoms with van der Waals surface area (Å²) in [5.74, 6) is 0.108. The van der Waals surface area contributed by atoms with E-state index in [-0.39, 0.29) is 12.5 Å². The van der Waals surface area contributed by atoms with Gasteiger partial charge < -0.3 is 4.90 Å². The monoisotopic (exact) mass is 349 g/mol. The molecule has 0 bridgehead atoms. The number of benzene rings is 2. The molecule has 1 fully saturated rings. The number of nitrogens with zero attached hydrogens (tertiary/aromatic N) is 5. The van der Waals surface area contributed by atoms with Gasteiger partial charge in [-0.05, 0) is 30.2 Å². The number of aromatic nitrogens is 3. The highest BCUT2D eigenvalue weighted by Crippen LogP contribution is 2.14. The average molecular weight is 349 g/mol. The first-order valence-corrected chi connectivity index (χ1v) is 9.03. The van der Waals surface area contributed by atoms with Gasteiger partial charge in [0.1, 0.15) is 12.1 Å². The van der Waals surface area contributed by atoms with E-state index in [0.717, 1.165) is 43.8 Å². The SMILES string of the molecule is Cc1ccccc1CN1CCN(C(=O)Cn2nnc3ccccc32)CC1. The first kappa shape index (κ1) is 16.7. The molecule has 1 aliphatic heterocycles. The van der Waals surface area contributed by atoms with Crippen molar-refractivity contribution < 1.29 is 4.79 Å². The van der Waals surface area contributed by atoms with E-state index in [2.05, 4.69) is 46.4 Å². The molecule has 1 amide bonds. The van der Waals surface area contributed by atoms with Crippen LogP contribution in [0.4, 0.5) is 0 Å². The van der Waals surface area contributed by atoms with Gasteiger partial charge in [-0.25, -0.2) is 4.68 Å². The molecule has 0 spiro atoms.